The molecule has 4 rings (SSSR count). The van der Waals surface area contributed by atoms with Gasteiger partial charge in [-0.3, -0.25) is 24.0 Å². The van der Waals surface area contributed by atoms with E-state index in [-0.39, 0.29) is 46.4 Å². The van der Waals surface area contributed by atoms with Crippen molar-refractivity contribution >= 4 is 17.5 Å². The number of aromatic nitrogens is 2. The number of benzene rings is 2. The molecule has 1 heterocycles. The highest BCUT2D eigenvalue weighted by molar-refractivity contribution is 6.03. The topological polar surface area (TPSA) is 96.6 Å². The molecule has 2 N–H and O–H groups in total. The molecule has 256 valence electrons. The first-order valence-electron chi connectivity index (χ1n) is 17.3. The van der Waals surface area contributed by atoms with Crippen molar-refractivity contribution in [2.24, 2.45) is 7.05 Å². The fraction of sp³-hybridized carbons (Fsp3) is 0.564. The molecule has 2 amide bonds. The van der Waals surface area contributed by atoms with Crippen LogP contribution in [-0.4, -0.2) is 37.9 Å². The lowest BCUT2D eigenvalue weighted by atomic mass is 9.78. The molecule has 0 spiro atoms. The largest absolute Gasteiger partial charge is 0.507 e. The number of hydrogen-bond acceptors (Lipinski definition) is 4. The lowest BCUT2D eigenvalue weighted by molar-refractivity contribution is -0.131. The molecular formula is C39H56N4O4. The second-order valence-corrected chi connectivity index (χ2v) is 15.6. The van der Waals surface area contributed by atoms with Crippen LogP contribution in [-0.2, 0) is 33.9 Å². The molecule has 0 saturated heterocycles. The summed E-state index contributed by atoms with van der Waals surface area (Å²) in [7, 11) is 1.81. The highest BCUT2D eigenvalue weighted by atomic mass is 16.3. The SMILES string of the molecule is CC[C@](C)(C(=O)NC1CCCCC1)N(C(=O)CCc1cc(C(C)(C)C)c(O)c(C(C)(C)C)c1)c1c(C)n(C)n(-c2ccccc2)c1=O. The average Bonchev–Trinajstić information content (AvgIpc) is 3.23. The Bertz CT molecular complexity index is 1610. The molecule has 1 atom stereocenters. The molecule has 0 bridgehead atoms. The van der Waals surface area contributed by atoms with Gasteiger partial charge in [-0.05, 0) is 79.2 Å². The number of aromatic hydroxyl groups is 1. The normalized spacial score (nSPS) is 15.7. The van der Waals surface area contributed by atoms with E-state index in [4.69, 9.17) is 0 Å². The van der Waals surface area contributed by atoms with Crippen molar-refractivity contribution in [2.45, 2.75) is 136 Å². The van der Waals surface area contributed by atoms with Gasteiger partial charge in [0.15, 0.2) is 0 Å². The van der Waals surface area contributed by atoms with Crippen molar-refractivity contribution in [3.8, 4) is 11.4 Å². The smallest absolute Gasteiger partial charge is 0.295 e. The number of carbonyl (C=O) groups is 2. The minimum atomic E-state index is -1.30. The summed E-state index contributed by atoms with van der Waals surface area (Å²) in [5.41, 5.74) is 1.85. The number of carbonyl (C=O) groups excluding carboxylic acids is 2. The van der Waals surface area contributed by atoms with Crippen molar-refractivity contribution in [3.05, 3.63) is 75.2 Å². The second kappa shape index (κ2) is 13.7. The summed E-state index contributed by atoms with van der Waals surface area (Å²) >= 11 is 0. The van der Waals surface area contributed by atoms with Gasteiger partial charge in [0, 0.05) is 19.5 Å². The van der Waals surface area contributed by atoms with Crippen LogP contribution in [0.25, 0.3) is 5.69 Å². The predicted octanol–water partition coefficient (Wildman–Crippen LogP) is 7.37. The van der Waals surface area contributed by atoms with Crippen LogP contribution in [0.4, 0.5) is 5.69 Å². The van der Waals surface area contributed by atoms with E-state index in [1.54, 1.807) is 23.3 Å². The van der Waals surface area contributed by atoms with Crippen molar-refractivity contribution in [2.75, 3.05) is 4.90 Å². The number of para-hydroxylation sites is 1. The maximum atomic E-state index is 14.7. The second-order valence-electron chi connectivity index (χ2n) is 15.6. The number of rotatable bonds is 9. The van der Waals surface area contributed by atoms with Gasteiger partial charge in [0.05, 0.1) is 11.4 Å². The number of nitrogens with zero attached hydrogens (tertiary/aromatic N) is 3. The molecule has 8 nitrogen and oxygen atoms in total. The molecule has 1 saturated carbocycles. The third-order valence-electron chi connectivity index (χ3n) is 10.0. The van der Waals surface area contributed by atoms with E-state index in [9.17, 15) is 19.5 Å². The van der Waals surface area contributed by atoms with Crippen LogP contribution >= 0.6 is 0 Å². The maximum absolute atomic E-state index is 14.7. The lowest BCUT2D eigenvalue weighted by Crippen LogP contribution is -2.61. The number of phenolic OH excluding ortho intramolecular Hbond substituents is 1. The number of anilines is 1. The number of aryl methyl sites for hydroxylation is 1. The zero-order chi connectivity index (χ0) is 34.9. The third-order valence-corrected chi connectivity index (χ3v) is 10.0. The summed E-state index contributed by atoms with van der Waals surface area (Å²) in [5.74, 6) is -0.230. The molecule has 0 unspecified atom stereocenters. The number of nitrogens with one attached hydrogen (secondary N) is 1. The Labute approximate surface area is 281 Å². The molecule has 1 fully saturated rings. The van der Waals surface area contributed by atoms with E-state index in [0.717, 1.165) is 48.8 Å². The first-order chi connectivity index (χ1) is 21.9. The van der Waals surface area contributed by atoms with Gasteiger partial charge in [0.25, 0.3) is 5.56 Å². The molecule has 0 aliphatic heterocycles. The van der Waals surface area contributed by atoms with Gasteiger partial charge in [-0.2, -0.15) is 0 Å². The van der Waals surface area contributed by atoms with E-state index in [0.29, 0.717) is 30.0 Å². The summed E-state index contributed by atoms with van der Waals surface area (Å²) in [4.78, 5) is 44.7. The molecule has 2 aromatic carbocycles. The van der Waals surface area contributed by atoms with Crippen LogP contribution < -0.4 is 15.8 Å². The van der Waals surface area contributed by atoms with Gasteiger partial charge in [-0.15, -0.1) is 0 Å². The van der Waals surface area contributed by atoms with Crippen molar-refractivity contribution < 1.29 is 14.7 Å². The van der Waals surface area contributed by atoms with E-state index in [1.807, 2.05) is 56.3 Å². The van der Waals surface area contributed by atoms with Crippen LogP contribution in [0.5, 0.6) is 5.75 Å². The molecular weight excluding hydrogens is 588 g/mol. The van der Waals surface area contributed by atoms with Crippen LogP contribution in [0, 0.1) is 6.92 Å². The molecule has 8 heteroatoms. The standard InChI is InChI=1S/C39H56N4O4/c1-11-39(9,36(47)40-28-18-14-12-15-19-28)42(33-26(2)41(10)43(35(33)46)29-20-16-13-17-21-29)32(44)23-22-27-24-30(37(3,4)5)34(45)31(25-27)38(6,7)8/h13,16-17,20-21,24-25,28,45H,11-12,14-15,18-19,22-23H2,1-10H3,(H,40,47)/t39-/m1/s1. The Morgan fingerprint density at radius 3 is 2.00 bits per heavy atom. The van der Waals surface area contributed by atoms with Crippen molar-refractivity contribution in [3.63, 3.8) is 0 Å². The molecule has 3 aromatic rings. The number of amides is 2. The lowest BCUT2D eigenvalue weighted by Gasteiger charge is -2.40. The zero-order valence-corrected chi connectivity index (χ0v) is 30.3. The van der Waals surface area contributed by atoms with E-state index >= 15 is 0 Å². The Hall–Kier alpha value is -3.81. The summed E-state index contributed by atoms with van der Waals surface area (Å²) in [6.45, 7) is 17.9. The quantitative estimate of drug-likeness (QED) is 0.254. The Kier molecular flexibility index (Phi) is 10.5. The van der Waals surface area contributed by atoms with Gasteiger partial charge < -0.3 is 10.4 Å². The van der Waals surface area contributed by atoms with Crippen molar-refractivity contribution in [1.82, 2.24) is 14.7 Å². The highest BCUT2D eigenvalue weighted by Crippen LogP contribution is 2.40. The van der Waals surface area contributed by atoms with Crippen LogP contribution in [0.1, 0.15) is 123 Å². The Morgan fingerprint density at radius 2 is 1.49 bits per heavy atom. The fourth-order valence-corrected chi connectivity index (χ4v) is 6.81. The molecule has 0 radical (unpaired) electrons. The van der Waals surface area contributed by atoms with Crippen LogP contribution in [0.2, 0.25) is 0 Å². The zero-order valence-electron chi connectivity index (χ0n) is 30.3. The minimum Gasteiger partial charge on any atom is -0.507 e. The minimum absolute atomic E-state index is 0.0561. The van der Waals surface area contributed by atoms with Gasteiger partial charge in [0.2, 0.25) is 11.8 Å². The average molecular weight is 645 g/mol. The molecule has 1 aliphatic carbocycles. The fourth-order valence-electron chi connectivity index (χ4n) is 6.81. The molecule has 1 aliphatic rings. The Balaban J connectivity index is 1.82. The first kappa shape index (κ1) is 36.0. The number of phenols is 1. The summed E-state index contributed by atoms with van der Waals surface area (Å²) in [6.07, 6.45) is 5.93. The van der Waals surface area contributed by atoms with E-state index in [1.165, 1.54) is 4.90 Å². The summed E-state index contributed by atoms with van der Waals surface area (Å²) < 4.78 is 3.32. The van der Waals surface area contributed by atoms with E-state index in [2.05, 4.69) is 46.9 Å². The number of hydrogen-bond donors (Lipinski definition) is 2. The van der Waals surface area contributed by atoms with Gasteiger partial charge in [-0.25, -0.2) is 4.68 Å². The van der Waals surface area contributed by atoms with Gasteiger partial charge >= 0.3 is 0 Å². The van der Waals surface area contributed by atoms with Crippen LogP contribution in [0.3, 0.4) is 0 Å². The maximum Gasteiger partial charge on any atom is 0.295 e. The molecule has 1 aromatic heterocycles. The third kappa shape index (κ3) is 7.37. The highest BCUT2D eigenvalue weighted by Gasteiger charge is 2.45. The van der Waals surface area contributed by atoms with Gasteiger partial charge in [0.1, 0.15) is 17.0 Å². The monoisotopic (exact) mass is 644 g/mol. The molecule has 47 heavy (non-hydrogen) atoms. The van der Waals surface area contributed by atoms with Crippen molar-refractivity contribution in [1.29, 1.82) is 0 Å². The predicted molar refractivity (Wildman–Crippen MR) is 191 cm³/mol. The summed E-state index contributed by atoms with van der Waals surface area (Å²) in [5, 5.41) is 14.5. The Morgan fingerprint density at radius 1 is 0.936 bits per heavy atom. The van der Waals surface area contributed by atoms with E-state index < -0.39 is 5.54 Å². The van der Waals surface area contributed by atoms with Gasteiger partial charge in [-0.1, -0.05) is 98.1 Å². The van der Waals surface area contributed by atoms with Crippen LogP contribution in [0.15, 0.2) is 47.3 Å². The first-order valence-corrected chi connectivity index (χ1v) is 17.3. The summed E-state index contributed by atoms with van der Waals surface area (Å²) in [6, 6.07) is 13.4.